The number of imidazole rings is 1. The first-order valence-corrected chi connectivity index (χ1v) is 7.68. The van der Waals surface area contributed by atoms with Gasteiger partial charge in [-0.3, -0.25) is 9.89 Å². The van der Waals surface area contributed by atoms with Crippen molar-refractivity contribution in [2.45, 2.75) is 31.6 Å². The van der Waals surface area contributed by atoms with Crippen LogP contribution in [0.15, 0.2) is 23.7 Å². The van der Waals surface area contributed by atoms with Crippen molar-refractivity contribution < 1.29 is 13.2 Å². The Balaban J connectivity index is 1.65. The van der Waals surface area contributed by atoms with Gasteiger partial charge in [0.2, 0.25) is 0 Å². The second-order valence-corrected chi connectivity index (χ2v) is 5.63. The molecule has 0 aromatic carbocycles. The van der Waals surface area contributed by atoms with E-state index < -0.39 is 12.7 Å². The summed E-state index contributed by atoms with van der Waals surface area (Å²) in [5.74, 6) is 0.634. The Kier molecular flexibility index (Phi) is 6.26. The van der Waals surface area contributed by atoms with Crippen LogP contribution >= 0.6 is 0 Å². The molecule has 0 aliphatic carbocycles. The third-order valence-electron chi connectivity index (χ3n) is 3.68. The molecule has 23 heavy (non-hydrogen) atoms. The van der Waals surface area contributed by atoms with E-state index in [-0.39, 0.29) is 6.04 Å². The van der Waals surface area contributed by atoms with Gasteiger partial charge in [-0.05, 0) is 12.8 Å². The maximum Gasteiger partial charge on any atom is 0.401 e. The maximum atomic E-state index is 12.4. The second kappa shape index (κ2) is 8.19. The van der Waals surface area contributed by atoms with E-state index in [4.69, 9.17) is 0 Å². The second-order valence-electron chi connectivity index (χ2n) is 5.63. The van der Waals surface area contributed by atoms with Crippen molar-refractivity contribution >= 4 is 5.96 Å². The Labute approximate surface area is 133 Å². The first-order chi connectivity index (χ1) is 11.0. The zero-order valence-corrected chi connectivity index (χ0v) is 13.2. The number of nitrogens with zero attached hydrogens (tertiary/aromatic N) is 4. The number of nitrogens with one attached hydrogen (secondary N) is 2. The topological polar surface area (TPSA) is 57.5 Å². The van der Waals surface area contributed by atoms with E-state index >= 15 is 0 Å². The highest BCUT2D eigenvalue weighted by Gasteiger charge is 2.34. The van der Waals surface area contributed by atoms with Gasteiger partial charge in [0.1, 0.15) is 0 Å². The lowest BCUT2D eigenvalue weighted by Gasteiger charge is -2.19. The summed E-state index contributed by atoms with van der Waals surface area (Å²) in [6, 6.07) is -0.00259. The van der Waals surface area contributed by atoms with Gasteiger partial charge in [0, 0.05) is 51.7 Å². The molecule has 130 valence electrons. The van der Waals surface area contributed by atoms with Gasteiger partial charge in [-0.25, -0.2) is 4.98 Å². The summed E-state index contributed by atoms with van der Waals surface area (Å²) >= 11 is 0. The quantitative estimate of drug-likeness (QED) is 0.465. The van der Waals surface area contributed by atoms with Crippen LogP contribution in [-0.4, -0.2) is 65.9 Å². The number of alkyl halides is 3. The molecule has 6 nitrogen and oxygen atoms in total. The summed E-state index contributed by atoms with van der Waals surface area (Å²) in [7, 11) is 1.66. The number of aliphatic imine (C=N–C) groups is 1. The average Bonchev–Trinajstić information content (AvgIpc) is 3.12. The lowest BCUT2D eigenvalue weighted by Crippen LogP contribution is -2.45. The summed E-state index contributed by atoms with van der Waals surface area (Å²) in [6.45, 7) is 1.58. The van der Waals surface area contributed by atoms with Crippen LogP contribution in [0.3, 0.4) is 0 Å². The zero-order valence-electron chi connectivity index (χ0n) is 13.2. The fourth-order valence-corrected chi connectivity index (χ4v) is 2.62. The number of hydrogen-bond donors (Lipinski definition) is 2. The van der Waals surface area contributed by atoms with E-state index in [9.17, 15) is 13.2 Å². The summed E-state index contributed by atoms with van der Waals surface area (Å²) in [6.07, 6.45) is 2.86. The number of halogens is 3. The summed E-state index contributed by atoms with van der Waals surface area (Å²) in [5, 5.41) is 6.37. The minimum atomic E-state index is -4.14. The molecule has 1 unspecified atom stereocenters. The molecular formula is C14H23F3N6. The predicted octanol–water partition coefficient (Wildman–Crippen LogP) is 1.07. The van der Waals surface area contributed by atoms with Crippen LogP contribution in [-0.2, 0) is 6.54 Å². The van der Waals surface area contributed by atoms with E-state index in [0.717, 1.165) is 19.5 Å². The smallest absolute Gasteiger partial charge is 0.356 e. The van der Waals surface area contributed by atoms with Crippen molar-refractivity contribution in [2.75, 3.05) is 33.2 Å². The molecule has 2 N–H and O–H groups in total. The Bertz CT molecular complexity index is 485. The highest BCUT2D eigenvalue weighted by Crippen LogP contribution is 2.19. The molecule has 1 aliphatic rings. The van der Waals surface area contributed by atoms with Crippen LogP contribution in [0.2, 0.25) is 0 Å². The highest BCUT2D eigenvalue weighted by atomic mass is 19.4. The van der Waals surface area contributed by atoms with Gasteiger partial charge in [0.25, 0.3) is 0 Å². The van der Waals surface area contributed by atoms with E-state index in [2.05, 4.69) is 20.6 Å². The molecule has 0 spiro atoms. The molecule has 1 atom stereocenters. The first kappa shape index (κ1) is 17.6. The lowest BCUT2D eigenvalue weighted by molar-refractivity contribution is -0.143. The van der Waals surface area contributed by atoms with Crippen LogP contribution in [0.4, 0.5) is 13.2 Å². The monoisotopic (exact) mass is 332 g/mol. The average molecular weight is 332 g/mol. The molecule has 2 heterocycles. The van der Waals surface area contributed by atoms with Gasteiger partial charge in [-0.15, -0.1) is 0 Å². The van der Waals surface area contributed by atoms with Crippen molar-refractivity contribution in [3.8, 4) is 0 Å². The largest absolute Gasteiger partial charge is 0.401 e. The molecule has 1 aromatic heterocycles. The fourth-order valence-electron chi connectivity index (χ4n) is 2.62. The SMILES string of the molecule is CN=C(NCCCn1ccnc1)NC1CCN(CC(F)(F)F)C1. The van der Waals surface area contributed by atoms with Crippen LogP contribution in [0.5, 0.6) is 0 Å². The van der Waals surface area contributed by atoms with Crippen molar-refractivity contribution in [2.24, 2.45) is 4.99 Å². The molecular weight excluding hydrogens is 309 g/mol. The Morgan fingerprint density at radius 2 is 2.26 bits per heavy atom. The number of guanidine groups is 1. The molecule has 1 saturated heterocycles. The zero-order chi connectivity index (χ0) is 16.7. The summed E-state index contributed by atoms with van der Waals surface area (Å²) < 4.78 is 39.1. The molecule has 1 aromatic rings. The van der Waals surface area contributed by atoms with Crippen LogP contribution in [0.25, 0.3) is 0 Å². The number of rotatable bonds is 6. The van der Waals surface area contributed by atoms with E-state index in [1.807, 2.05) is 10.8 Å². The van der Waals surface area contributed by atoms with E-state index in [1.165, 1.54) is 4.90 Å². The molecule has 2 rings (SSSR count). The van der Waals surface area contributed by atoms with Crippen LogP contribution < -0.4 is 10.6 Å². The number of aryl methyl sites for hydroxylation is 1. The number of aromatic nitrogens is 2. The van der Waals surface area contributed by atoms with Crippen molar-refractivity contribution in [3.63, 3.8) is 0 Å². The lowest BCUT2D eigenvalue weighted by atomic mass is 10.3. The fraction of sp³-hybridized carbons (Fsp3) is 0.714. The summed E-state index contributed by atoms with van der Waals surface area (Å²) in [4.78, 5) is 9.52. The van der Waals surface area contributed by atoms with Crippen molar-refractivity contribution in [3.05, 3.63) is 18.7 Å². The van der Waals surface area contributed by atoms with E-state index in [1.54, 1.807) is 19.6 Å². The number of likely N-dealkylation sites (tertiary alicyclic amines) is 1. The summed E-state index contributed by atoms with van der Waals surface area (Å²) in [5.41, 5.74) is 0. The molecule has 0 saturated carbocycles. The Morgan fingerprint density at radius 3 is 2.91 bits per heavy atom. The van der Waals surface area contributed by atoms with Gasteiger partial charge >= 0.3 is 6.18 Å². The first-order valence-electron chi connectivity index (χ1n) is 7.68. The molecule has 0 amide bonds. The molecule has 1 fully saturated rings. The number of hydrogen-bond acceptors (Lipinski definition) is 3. The van der Waals surface area contributed by atoms with Crippen LogP contribution in [0, 0.1) is 0 Å². The van der Waals surface area contributed by atoms with Gasteiger partial charge in [0.15, 0.2) is 5.96 Å². The molecule has 9 heteroatoms. The molecule has 0 radical (unpaired) electrons. The molecule has 0 bridgehead atoms. The van der Waals surface area contributed by atoms with E-state index in [0.29, 0.717) is 25.5 Å². The highest BCUT2D eigenvalue weighted by molar-refractivity contribution is 5.79. The predicted molar refractivity (Wildman–Crippen MR) is 82.2 cm³/mol. The van der Waals surface area contributed by atoms with Gasteiger partial charge in [0.05, 0.1) is 12.9 Å². The Hall–Kier alpha value is -1.77. The third-order valence-corrected chi connectivity index (χ3v) is 3.68. The third kappa shape index (κ3) is 6.47. The maximum absolute atomic E-state index is 12.4. The standard InChI is InChI=1S/C14H23F3N6/c1-18-13(20-4-2-6-22-8-5-19-11-22)21-12-3-7-23(9-12)10-14(15,16)17/h5,8,11-12H,2-4,6-7,9-10H2,1H3,(H2,18,20,21). The van der Waals surface area contributed by atoms with Gasteiger partial charge < -0.3 is 15.2 Å². The van der Waals surface area contributed by atoms with Gasteiger partial charge in [-0.1, -0.05) is 0 Å². The Morgan fingerprint density at radius 1 is 1.43 bits per heavy atom. The minimum absolute atomic E-state index is 0.00259. The minimum Gasteiger partial charge on any atom is -0.356 e. The van der Waals surface area contributed by atoms with Crippen molar-refractivity contribution in [1.82, 2.24) is 25.1 Å². The normalized spacial score (nSPS) is 20.0. The van der Waals surface area contributed by atoms with Crippen LogP contribution in [0.1, 0.15) is 12.8 Å². The molecule has 1 aliphatic heterocycles. The van der Waals surface area contributed by atoms with Gasteiger partial charge in [-0.2, -0.15) is 13.2 Å². The van der Waals surface area contributed by atoms with Crippen molar-refractivity contribution in [1.29, 1.82) is 0 Å².